The lowest BCUT2D eigenvalue weighted by Gasteiger charge is -2.32. The Labute approximate surface area is 181 Å². The van der Waals surface area contributed by atoms with E-state index < -0.39 is 22.8 Å². The number of aliphatic hydroxyl groups is 1. The van der Waals surface area contributed by atoms with E-state index in [-0.39, 0.29) is 30.3 Å². The Kier molecular flexibility index (Phi) is 7.33. The van der Waals surface area contributed by atoms with Gasteiger partial charge in [-0.05, 0) is 38.3 Å². The number of amides is 2. The van der Waals surface area contributed by atoms with Gasteiger partial charge in [-0.15, -0.1) is 0 Å². The number of nitrogens with one attached hydrogen (secondary N) is 2. The third-order valence-corrected chi connectivity index (χ3v) is 6.00. The molecule has 31 heavy (non-hydrogen) atoms. The Hall–Kier alpha value is -2.87. The van der Waals surface area contributed by atoms with Gasteiger partial charge in [-0.25, -0.2) is 0 Å². The molecule has 0 aromatic carbocycles. The summed E-state index contributed by atoms with van der Waals surface area (Å²) in [5.74, 6) is -0.592. The van der Waals surface area contributed by atoms with Crippen molar-refractivity contribution in [1.82, 2.24) is 15.2 Å². The molecule has 1 saturated carbocycles. The number of aromatic nitrogens is 1. The zero-order chi connectivity index (χ0) is 22.4. The molecule has 0 radical (unpaired) electrons. The number of hydrogen-bond donors (Lipinski definition) is 3. The van der Waals surface area contributed by atoms with Crippen molar-refractivity contribution in [2.45, 2.75) is 70.6 Å². The first-order chi connectivity index (χ1) is 14.8. The normalized spacial score (nSPS) is 16.5. The molecule has 1 aliphatic rings. The van der Waals surface area contributed by atoms with Crippen molar-refractivity contribution in [3.8, 4) is 0 Å². The van der Waals surface area contributed by atoms with Crippen molar-refractivity contribution < 1.29 is 19.1 Å². The molecule has 0 aliphatic heterocycles. The molecular weight excluding hydrogens is 398 g/mol. The van der Waals surface area contributed by atoms with Crippen molar-refractivity contribution in [2.24, 2.45) is 0 Å². The number of pyridine rings is 1. The summed E-state index contributed by atoms with van der Waals surface area (Å²) in [6.45, 7) is 4.15. The van der Waals surface area contributed by atoms with Crippen molar-refractivity contribution in [1.29, 1.82) is 0 Å². The summed E-state index contributed by atoms with van der Waals surface area (Å²) in [6.07, 6.45) is 9.39. The highest BCUT2D eigenvalue weighted by molar-refractivity contribution is 5.99. The predicted octanol–water partition coefficient (Wildman–Crippen LogP) is 2.77. The number of furan rings is 1. The summed E-state index contributed by atoms with van der Waals surface area (Å²) in [6, 6.07) is 3.42. The van der Waals surface area contributed by atoms with Crippen LogP contribution < -0.4 is 16.1 Å². The van der Waals surface area contributed by atoms with Gasteiger partial charge in [0.05, 0.1) is 18.4 Å². The van der Waals surface area contributed by atoms with Crippen molar-refractivity contribution in [2.75, 3.05) is 6.54 Å². The van der Waals surface area contributed by atoms with Gasteiger partial charge in [-0.1, -0.05) is 26.2 Å². The van der Waals surface area contributed by atoms with Crippen LogP contribution in [0.25, 0.3) is 0 Å². The summed E-state index contributed by atoms with van der Waals surface area (Å²) < 4.78 is 6.92. The molecule has 0 saturated heterocycles. The Bertz CT molecular complexity index is 958. The molecule has 2 heterocycles. The second-order valence-electron chi connectivity index (χ2n) is 8.35. The highest BCUT2D eigenvalue weighted by Crippen LogP contribution is 2.27. The standard InChI is InChI=1S/C23H31N3O5/c1-3-16(2)26-13-18(21(28)24-12-17-8-7-11-31-17)20(27)19(14-26)22(29)25-15-23(30)9-5-4-6-10-23/h7-8,11,13-14,16,30H,3-6,9-10,12,15H2,1-2H3,(H,24,28)(H,25,29)/t16-/m1/s1. The number of nitrogens with zero attached hydrogens (tertiary/aromatic N) is 1. The van der Waals surface area contributed by atoms with Crippen LogP contribution in [0.1, 0.15) is 84.9 Å². The number of carbonyl (C=O) groups excluding carboxylic acids is 2. The van der Waals surface area contributed by atoms with E-state index in [0.29, 0.717) is 18.6 Å². The number of carbonyl (C=O) groups is 2. The average molecular weight is 430 g/mol. The summed E-state index contributed by atoms with van der Waals surface area (Å²) in [5.41, 5.74) is -1.78. The summed E-state index contributed by atoms with van der Waals surface area (Å²) in [5, 5.41) is 16.0. The third-order valence-electron chi connectivity index (χ3n) is 6.00. The SMILES string of the molecule is CC[C@@H](C)n1cc(C(=O)NCc2ccco2)c(=O)c(C(=O)NCC2(O)CCCCC2)c1. The number of rotatable bonds is 8. The molecule has 2 amide bonds. The summed E-state index contributed by atoms with van der Waals surface area (Å²) in [4.78, 5) is 38.6. The molecule has 168 valence electrons. The lowest BCUT2D eigenvalue weighted by molar-refractivity contribution is 0.00523. The third kappa shape index (κ3) is 5.64. The van der Waals surface area contributed by atoms with Crippen molar-refractivity contribution in [3.63, 3.8) is 0 Å². The molecule has 1 atom stereocenters. The van der Waals surface area contributed by atoms with E-state index in [2.05, 4.69) is 10.6 Å². The van der Waals surface area contributed by atoms with Gasteiger partial charge in [-0.2, -0.15) is 0 Å². The highest BCUT2D eigenvalue weighted by atomic mass is 16.3. The molecule has 0 unspecified atom stereocenters. The molecule has 8 heteroatoms. The van der Waals surface area contributed by atoms with Gasteiger partial charge >= 0.3 is 0 Å². The van der Waals surface area contributed by atoms with Gasteiger partial charge in [0.15, 0.2) is 0 Å². The van der Waals surface area contributed by atoms with Crippen LogP contribution in [0.4, 0.5) is 0 Å². The van der Waals surface area contributed by atoms with Crippen LogP contribution in [-0.4, -0.2) is 33.6 Å². The Balaban J connectivity index is 1.82. The summed E-state index contributed by atoms with van der Waals surface area (Å²) >= 11 is 0. The van der Waals surface area contributed by atoms with Gasteiger partial charge in [0.1, 0.15) is 16.9 Å². The molecule has 2 aromatic rings. The number of hydrogen-bond acceptors (Lipinski definition) is 5. The predicted molar refractivity (Wildman–Crippen MR) is 116 cm³/mol. The lowest BCUT2D eigenvalue weighted by Crippen LogP contribution is -2.45. The lowest BCUT2D eigenvalue weighted by atomic mass is 9.85. The minimum atomic E-state index is -0.943. The van der Waals surface area contributed by atoms with Gasteiger partial charge in [0.25, 0.3) is 11.8 Å². The average Bonchev–Trinajstić information content (AvgIpc) is 3.29. The van der Waals surface area contributed by atoms with Crippen LogP contribution in [-0.2, 0) is 6.54 Å². The Morgan fingerprint density at radius 3 is 2.39 bits per heavy atom. The first-order valence-electron chi connectivity index (χ1n) is 10.9. The fraction of sp³-hybridized carbons (Fsp3) is 0.522. The Morgan fingerprint density at radius 2 is 1.81 bits per heavy atom. The first kappa shape index (κ1) is 22.8. The molecule has 3 N–H and O–H groups in total. The molecule has 1 fully saturated rings. The molecule has 3 rings (SSSR count). The van der Waals surface area contributed by atoms with E-state index in [0.717, 1.165) is 25.7 Å². The van der Waals surface area contributed by atoms with Crippen LogP contribution in [0, 0.1) is 0 Å². The van der Waals surface area contributed by atoms with Gasteiger partial charge in [0, 0.05) is 25.0 Å². The largest absolute Gasteiger partial charge is 0.467 e. The smallest absolute Gasteiger partial charge is 0.257 e. The van der Waals surface area contributed by atoms with Crippen molar-refractivity contribution >= 4 is 11.8 Å². The molecule has 8 nitrogen and oxygen atoms in total. The van der Waals surface area contributed by atoms with E-state index in [1.165, 1.54) is 18.7 Å². The van der Waals surface area contributed by atoms with E-state index in [1.54, 1.807) is 16.7 Å². The van der Waals surface area contributed by atoms with Crippen LogP contribution >= 0.6 is 0 Å². The zero-order valence-corrected chi connectivity index (χ0v) is 18.1. The van der Waals surface area contributed by atoms with E-state index in [1.807, 2.05) is 13.8 Å². The van der Waals surface area contributed by atoms with E-state index >= 15 is 0 Å². The first-order valence-corrected chi connectivity index (χ1v) is 10.9. The monoisotopic (exact) mass is 429 g/mol. The van der Waals surface area contributed by atoms with Crippen LogP contribution in [0.2, 0.25) is 0 Å². The minimum absolute atomic E-state index is 0.00805. The van der Waals surface area contributed by atoms with E-state index in [9.17, 15) is 19.5 Å². The molecule has 0 bridgehead atoms. The van der Waals surface area contributed by atoms with Gasteiger partial charge in [-0.3, -0.25) is 14.4 Å². The molecule has 1 aliphatic carbocycles. The van der Waals surface area contributed by atoms with Crippen LogP contribution in [0.5, 0.6) is 0 Å². The topological polar surface area (TPSA) is 114 Å². The maximum atomic E-state index is 13.0. The van der Waals surface area contributed by atoms with Crippen LogP contribution in [0.3, 0.4) is 0 Å². The molecular formula is C23H31N3O5. The fourth-order valence-corrected chi connectivity index (χ4v) is 3.79. The quantitative estimate of drug-likeness (QED) is 0.597. The van der Waals surface area contributed by atoms with Crippen molar-refractivity contribution in [3.05, 3.63) is 57.9 Å². The van der Waals surface area contributed by atoms with E-state index in [4.69, 9.17) is 4.42 Å². The molecule has 0 spiro atoms. The van der Waals surface area contributed by atoms with Crippen LogP contribution in [0.15, 0.2) is 40.0 Å². The maximum absolute atomic E-state index is 13.0. The molecule has 2 aromatic heterocycles. The maximum Gasteiger partial charge on any atom is 0.257 e. The highest BCUT2D eigenvalue weighted by Gasteiger charge is 2.30. The Morgan fingerprint density at radius 1 is 1.16 bits per heavy atom. The second-order valence-corrected chi connectivity index (χ2v) is 8.35. The van der Waals surface area contributed by atoms with Gasteiger partial charge in [0.2, 0.25) is 5.43 Å². The minimum Gasteiger partial charge on any atom is -0.467 e. The second kappa shape index (κ2) is 9.96. The fourth-order valence-electron chi connectivity index (χ4n) is 3.79. The van der Waals surface area contributed by atoms with Gasteiger partial charge < -0.3 is 24.7 Å². The zero-order valence-electron chi connectivity index (χ0n) is 18.1. The summed E-state index contributed by atoms with van der Waals surface area (Å²) in [7, 11) is 0.